The van der Waals surface area contributed by atoms with Crippen LogP contribution in [0.3, 0.4) is 0 Å². The summed E-state index contributed by atoms with van der Waals surface area (Å²) in [5.41, 5.74) is 0.804. The highest BCUT2D eigenvalue weighted by Gasteiger charge is 2.28. The van der Waals surface area contributed by atoms with Crippen LogP contribution in [0.4, 0.5) is 17.6 Å². The van der Waals surface area contributed by atoms with Gasteiger partial charge in [-0.2, -0.15) is 0 Å². The van der Waals surface area contributed by atoms with Gasteiger partial charge in [-0.25, -0.2) is 4.39 Å². The van der Waals surface area contributed by atoms with Gasteiger partial charge in [0.2, 0.25) is 0 Å². The van der Waals surface area contributed by atoms with Crippen molar-refractivity contribution in [1.82, 2.24) is 5.32 Å². The minimum absolute atomic E-state index is 0.0675. The summed E-state index contributed by atoms with van der Waals surface area (Å²) >= 11 is 0. The molecule has 0 radical (unpaired) electrons. The Balaban J connectivity index is 2.30. The van der Waals surface area contributed by atoms with Crippen molar-refractivity contribution in [3.63, 3.8) is 0 Å². The Kier molecular flexibility index (Phi) is 4.89. The van der Waals surface area contributed by atoms with Gasteiger partial charge in [0.15, 0.2) is 0 Å². The van der Waals surface area contributed by atoms with Crippen molar-refractivity contribution in [2.75, 3.05) is 13.2 Å². The van der Waals surface area contributed by atoms with Crippen LogP contribution >= 0.6 is 0 Å². The maximum Gasteiger partial charge on any atom is 0.522 e. The number of alkyl halides is 3. The quantitative estimate of drug-likeness (QED) is 0.641. The molecule has 0 aliphatic rings. The van der Waals surface area contributed by atoms with E-state index >= 15 is 0 Å². The number of nitrogens with one attached hydrogen (secondary N) is 1. The zero-order chi connectivity index (χ0) is 12.9. The van der Waals surface area contributed by atoms with Crippen molar-refractivity contribution in [2.24, 2.45) is 0 Å². The average molecular weight is 251 g/mol. The molecule has 0 aromatic heterocycles. The fraction of sp³-hybridized carbons (Fsp3) is 0.455. The molecule has 0 aliphatic heterocycles. The molecule has 0 saturated carbocycles. The maximum absolute atomic E-state index is 12.6. The molecule has 0 fully saturated rings. The van der Waals surface area contributed by atoms with Gasteiger partial charge < -0.3 is 5.32 Å². The molecule has 0 saturated heterocycles. The first-order chi connectivity index (χ1) is 7.88. The van der Waals surface area contributed by atoms with Crippen LogP contribution < -0.4 is 5.32 Å². The van der Waals surface area contributed by atoms with E-state index in [9.17, 15) is 17.6 Å². The summed E-state index contributed by atoms with van der Waals surface area (Å²) in [5, 5.41) is 2.84. The molecule has 0 heterocycles. The first-order valence-electron chi connectivity index (χ1n) is 5.08. The van der Waals surface area contributed by atoms with E-state index in [1.807, 2.05) is 0 Å². The standard InChI is InChI=1S/C11H13F4NO/c1-8(9-2-4-10(12)5-3-9)16-6-7-17-11(13,14)15/h2-5,8,16H,6-7H2,1H3/t8-/m0/s1. The largest absolute Gasteiger partial charge is 0.522 e. The Morgan fingerprint density at radius 3 is 2.35 bits per heavy atom. The van der Waals surface area contributed by atoms with Crippen LogP contribution in [-0.2, 0) is 4.74 Å². The van der Waals surface area contributed by atoms with Crippen LogP contribution in [0.25, 0.3) is 0 Å². The Hall–Kier alpha value is -1.14. The lowest BCUT2D eigenvalue weighted by Gasteiger charge is -2.14. The van der Waals surface area contributed by atoms with Gasteiger partial charge >= 0.3 is 6.36 Å². The van der Waals surface area contributed by atoms with Gasteiger partial charge in [0.1, 0.15) is 5.82 Å². The number of halogens is 4. The molecule has 1 atom stereocenters. The number of rotatable bonds is 5. The fourth-order valence-corrected chi connectivity index (χ4v) is 1.31. The molecule has 1 N–H and O–H groups in total. The van der Waals surface area contributed by atoms with Gasteiger partial charge in [-0.05, 0) is 24.6 Å². The SMILES string of the molecule is C[C@H](NCCOC(F)(F)F)c1ccc(F)cc1. The second-order valence-corrected chi connectivity index (χ2v) is 3.52. The molecular weight excluding hydrogens is 238 g/mol. The third kappa shape index (κ3) is 5.65. The topological polar surface area (TPSA) is 21.3 Å². The van der Waals surface area contributed by atoms with Crippen LogP contribution in [0.15, 0.2) is 24.3 Å². The summed E-state index contributed by atoms with van der Waals surface area (Å²) in [4.78, 5) is 0. The van der Waals surface area contributed by atoms with Gasteiger partial charge in [0.25, 0.3) is 0 Å². The minimum Gasteiger partial charge on any atom is -0.308 e. The van der Waals surface area contributed by atoms with Gasteiger partial charge in [-0.15, -0.1) is 13.2 Å². The predicted molar refractivity (Wildman–Crippen MR) is 54.8 cm³/mol. The third-order valence-electron chi connectivity index (χ3n) is 2.19. The smallest absolute Gasteiger partial charge is 0.308 e. The van der Waals surface area contributed by atoms with E-state index in [0.717, 1.165) is 5.56 Å². The maximum atomic E-state index is 12.6. The molecule has 0 bridgehead atoms. The Morgan fingerprint density at radius 1 is 1.24 bits per heavy atom. The molecule has 1 aromatic carbocycles. The van der Waals surface area contributed by atoms with Crippen molar-refractivity contribution in [2.45, 2.75) is 19.3 Å². The van der Waals surface area contributed by atoms with E-state index in [4.69, 9.17) is 0 Å². The lowest BCUT2D eigenvalue weighted by atomic mass is 10.1. The summed E-state index contributed by atoms with van der Waals surface area (Å²) in [6.07, 6.45) is -4.60. The molecule has 0 unspecified atom stereocenters. The molecule has 2 nitrogen and oxygen atoms in total. The minimum atomic E-state index is -4.60. The van der Waals surface area contributed by atoms with E-state index in [-0.39, 0.29) is 18.4 Å². The average Bonchev–Trinajstić information content (AvgIpc) is 2.24. The van der Waals surface area contributed by atoms with Crippen molar-refractivity contribution in [1.29, 1.82) is 0 Å². The van der Waals surface area contributed by atoms with E-state index in [1.165, 1.54) is 12.1 Å². The Bertz CT molecular complexity index is 336. The fourth-order valence-electron chi connectivity index (χ4n) is 1.31. The Morgan fingerprint density at radius 2 is 1.82 bits per heavy atom. The second kappa shape index (κ2) is 5.97. The number of benzene rings is 1. The van der Waals surface area contributed by atoms with Crippen LogP contribution in [0.1, 0.15) is 18.5 Å². The highest BCUT2D eigenvalue weighted by Crippen LogP contribution is 2.16. The Labute approximate surface area is 96.6 Å². The first kappa shape index (κ1) is 13.9. The summed E-state index contributed by atoms with van der Waals surface area (Å²) < 4.78 is 51.2. The number of hydrogen-bond acceptors (Lipinski definition) is 2. The van der Waals surface area contributed by atoms with E-state index in [1.54, 1.807) is 19.1 Å². The van der Waals surface area contributed by atoms with E-state index in [2.05, 4.69) is 10.1 Å². The molecule has 0 amide bonds. The molecule has 1 rings (SSSR count). The zero-order valence-electron chi connectivity index (χ0n) is 9.22. The van der Waals surface area contributed by atoms with Crippen molar-refractivity contribution >= 4 is 0 Å². The van der Waals surface area contributed by atoms with Crippen molar-refractivity contribution in [3.8, 4) is 0 Å². The van der Waals surface area contributed by atoms with Crippen LogP contribution in [0.2, 0.25) is 0 Å². The normalized spacial score (nSPS) is 13.7. The molecular formula is C11H13F4NO. The summed E-state index contributed by atoms with van der Waals surface area (Å²) in [6, 6.07) is 5.61. The first-order valence-corrected chi connectivity index (χ1v) is 5.08. The summed E-state index contributed by atoms with van der Waals surface area (Å²) in [6.45, 7) is 1.40. The lowest BCUT2D eigenvalue weighted by molar-refractivity contribution is -0.323. The van der Waals surface area contributed by atoms with Gasteiger partial charge in [0.05, 0.1) is 6.61 Å². The van der Waals surface area contributed by atoms with Gasteiger partial charge in [-0.3, -0.25) is 4.74 Å². The molecule has 0 aliphatic carbocycles. The van der Waals surface area contributed by atoms with Crippen LogP contribution in [0.5, 0.6) is 0 Å². The van der Waals surface area contributed by atoms with Crippen molar-refractivity contribution < 1.29 is 22.3 Å². The molecule has 96 valence electrons. The third-order valence-corrected chi connectivity index (χ3v) is 2.19. The van der Waals surface area contributed by atoms with Crippen molar-refractivity contribution in [3.05, 3.63) is 35.6 Å². The summed E-state index contributed by atoms with van der Waals surface area (Å²) in [5.74, 6) is -0.346. The van der Waals surface area contributed by atoms with Gasteiger partial charge in [0, 0.05) is 12.6 Å². The lowest BCUT2D eigenvalue weighted by Crippen LogP contribution is -2.26. The van der Waals surface area contributed by atoms with Gasteiger partial charge in [-0.1, -0.05) is 12.1 Å². The predicted octanol–water partition coefficient (Wildman–Crippen LogP) is 3.01. The number of hydrogen-bond donors (Lipinski definition) is 1. The van der Waals surface area contributed by atoms with E-state index < -0.39 is 13.0 Å². The highest BCUT2D eigenvalue weighted by molar-refractivity contribution is 5.19. The summed E-state index contributed by atoms with van der Waals surface area (Å²) in [7, 11) is 0. The monoisotopic (exact) mass is 251 g/mol. The second-order valence-electron chi connectivity index (χ2n) is 3.52. The number of ether oxygens (including phenoxy) is 1. The highest BCUT2D eigenvalue weighted by atomic mass is 19.4. The van der Waals surface area contributed by atoms with Crippen LogP contribution in [0, 0.1) is 5.82 Å². The van der Waals surface area contributed by atoms with Crippen LogP contribution in [-0.4, -0.2) is 19.5 Å². The van der Waals surface area contributed by atoms with E-state index in [0.29, 0.717) is 0 Å². The molecule has 0 spiro atoms. The molecule has 6 heteroatoms. The zero-order valence-corrected chi connectivity index (χ0v) is 9.22. The molecule has 17 heavy (non-hydrogen) atoms. The molecule has 1 aromatic rings.